The lowest BCUT2D eigenvalue weighted by molar-refractivity contribution is -0.124. The van der Waals surface area contributed by atoms with Crippen molar-refractivity contribution in [2.45, 2.75) is 26.5 Å². The topological polar surface area (TPSA) is 75.4 Å². The van der Waals surface area contributed by atoms with Crippen LogP contribution in [0.5, 0.6) is 0 Å². The molecule has 4 heteroatoms. The first-order valence-electron chi connectivity index (χ1n) is 5.87. The van der Waals surface area contributed by atoms with Crippen molar-refractivity contribution in [2.75, 3.05) is 6.54 Å². The van der Waals surface area contributed by atoms with E-state index in [9.17, 15) is 4.79 Å². The molecule has 0 aromatic heterocycles. The van der Waals surface area contributed by atoms with Crippen molar-refractivity contribution in [2.24, 2.45) is 11.7 Å². The van der Waals surface area contributed by atoms with Crippen molar-refractivity contribution in [3.05, 3.63) is 35.4 Å². The molecule has 0 aliphatic heterocycles. The van der Waals surface area contributed by atoms with E-state index >= 15 is 0 Å². The van der Waals surface area contributed by atoms with Crippen molar-refractivity contribution < 1.29 is 9.90 Å². The summed E-state index contributed by atoms with van der Waals surface area (Å²) in [7, 11) is 0. The number of hydrogen-bond donors (Lipinski definition) is 3. The Bertz CT molecular complexity index is 362. The fourth-order valence-electron chi connectivity index (χ4n) is 1.63. The minimum Gasteiger partial charge on any atom is -0.392 e. The van der Waals surface area contributed by atoms with E-state index in [2.05, 4.69) is 5.32 Å². The number of amides is 1. The third-order valence-corrected chi connectivity index (χ3v) is 2.79. The molecule has 0 saturated carbocycles. The molecule has 1 rings (SSSR count). The second kappa shape index (κ2) is 7.04. The Labute approximate surface area is 102 Å². The van der Waals surface area contributed by atoms with Crippen molar-refractivity contribution in [1.82, 2.24) is 5.32 Å². The minimum atomic E-state index is -0.115. The predicted octanol–water partition coefficient (Wildman–Crippen LogP) is 0.780. The quantitative estimate of drug-likeness (QED) is 0.683. The maximum Gasteiger partial charge on any atom is 0.224 e. The number of aliphatic hydroxyl groups is 1. The molecular weight excluding hydrogens is 216 g/mol. The molecule has 17 heavy (non-hydrogen) atoms. The van der Waals surface area contributed by atoms with Crippen LogP contribution in [0.15, 0.2) is 24.3 Å². The maximum absolute atomic E-state index is 11.7. The van der Waals surface area contributed by atoms with E-state index in [1.807, 2.05) is 31.2 Å². The van der Waals surface area contributed by atoms with E-state index in [-0.39, 0.29) is 18.4 Å². The summed E-state index contributed by atoms with van der Waals surface area (Å²) in [6, 6.07) is 7.51. The molecule has 94 valence electrons. The highest BCUT2D eigenvalue weighted by Crippen LogP contribution is 2.06. The SMILES string of the molecule is CCC(CN)C(=O)NCc1cccc(CO)c1. The van der Waals surface area contributed by atoms with Gasteiger partial charge in [-0.3, -0.25) is 4.79 Å². The van der Waals surface area contributed by atoms with Gasteiger partial charge >= 0.3 is 0 Å². The Hall–Kier alpha value is -1.39. The lowest BCUT2D eigenvalue weighted by atomic mass is 10.1. The number of hydrogen-bond acceptors (Lipinski definition) is 3. The summed E-state index contributed by atoms with van der Waals surface area (Å²) in [5.74, 6) is -0.125. The van der Waals surface area contributed by atoms with Crippen molar-refractivity contribution in [3.63, 3.8) is 0 Å². The summed E-state index contributed by atoms with van der Waals surface area (Å²) >= 11 is 0. The molecule has 0 aliphatic carbocycles. The average Bonchev–Trinajstić information content (AvgIpc) is 2.38. The third-order valence-electron chi connectivity index (χ3n) is 2.79. The summed E-state index contributed by atoms with van der Waals surface area (Å²) in [5, 5.41) is 11.9. The Morgan fingerprint density at radius 1 is 1.47 bits per heavy atom. The fourth-order valence-corrected chi connectivity index (χ4v) is 1.63. The summed E-state index contributed by atoms with van der Waals surface area (Å²) < 4.78 is 0. The highest BCUT2D eigenvalue weighted by atomic mass is 16.3. The summed E-state index contributed by atoms with van der Waals surface area (Å²) in [6.45, 7) is 2.81. The lowest BCUT2D eigenvalue weighted by Gasteiger charge is -2.12. The van der Waals surface area contributed by atoms with Crippen LogP contribution < -0.4 is 11.1 Å². The Balaban J connectivity index is 2.52. The van der Waals surface area contributed by atoms with Crippen LogP contribution in [0.25, 0.3) is 0 Å². The molecule has 0 heterocycles. The first-order chi connectivity index (χ1) is 8.21. The Kier molecular flexibility index (Phi) is 5.66. The molecule has 0 bridgehead atoms. The van der Waals surface area contributed by atoms with E-state index in [1.54, 1.807) is 0 Å². The summed E-state index contributed by atoms with van der Waals surface area (Å²) in [4.78, 5) is 11.7. The maximum atomic E-state index is 11.7. The molecular formula is C13H20N2O2. The van der Waals surface area contributed by atoms with Crippen LogP contribution in [0.2, 0.25) is 0 Å². The van der Waals surface area contributed by atoms with Gasteiger partial charge in [0.1, 0.15) is 0 Å². The standard InChI is InChI=1S/C13H20N2O2/c1-2-12(7-14)13(17)15-8-10-4-3-5-11(6-10)9-16/h3-6,12,16H,2,7-9,14H2,1H3,(H,15,17). The van der Waals surface area contributed by atoms with E-state index in [0.717, 1.165) is 17.5 Å². The van der Waals surface area contributed by atoms with Crippen molar-refractivity contribution in [1.29, 1.82) is 0 Å². The summed E-state index contributed by atoms with van der Waals surface area (Å²) in [6.07, 6.45) is 0.749. The van der Waals surface area contributed by atoms with Crippen LogP contribution in [0.3, 0.4) is 0 Å². The number of aliphatic hydroxyl groups excluding tert-OH is 1. The van der Waals surface area contributed by atoms with Crippen molar-refractivity contribution >= 4 is 5.91 Å². The van der Waals surface area contributed by atoms with Crippen molar-refractivity contribution in [3.8, 4) is 0 Å². The van der Waals surface area contributed by atoms with Gasteiger partial charge in [0.15, 0.2) is 0 Å². The Morgan fingerprint density at radius 2 is 2.18 bits per heavy atom. The van der Waals surface area contributed by atoms with Crippen LogP contribution in [-0.2, 0) is 17.9 Å². The highest BCUT2D eigenvalue weighted by molar-refractivity contribution is 5.78. The first kappa shape index (κ1) is 13.7. The number of nitrogens with two attached hydrogens (primary N) is 1. The van der Waals surface area contributed by atoms with Gasteiger partial charge < -0.3 is 16.2 Å². The van der Waals surface area contributed by atoms with Crippen LogP contribution >= 0.6 is 0 Å². The van der Waals surface area contributed by atoms with E-state index in [1.165, 1.54) is 0 Å². The smallest absolute Gasteiger partial charge is 0.224 e. The van der Waals surface area contributed by atoms with Gasteiger partial charge in [-0.15, -0.1) is 0 Å². The van der Waals surface area contributed by atoms with E-state index in [4.69, 9.17) is 10.8 Å². The van der Waals surface area contributed by atoms with Gasteiger partial charge in [0, 0.05) is 19.0 Å². The van der Waals surface area contributed by atoms with Gasteiger partial charge in [0.05, 0.1) is 6.61 Å². The number of carbonyl (C=O) groups excluding carboxylic acids is 1. The zero-order chi connectivity index (χ0) is 12.7. The Morgan fingerprint density at radius 3 is 2.76 bits per heavy atom. The molecule has 4 nitrogen and oxygen atoms in total. The van der Waals surface area contributed by atoms with Gasteiger partial charge in [-0.25, -0.2) is 0 Å². The van der Waals surface area contributed by atoms with Crippen LogP contribution in [-0.4, -0.2) is 17.6 Å². The normalized spacial score (nSPS) is 12.2. The summed E-state index contributed by atoms with van der Waals surface area (Å²) in [5.41, 5.74) is 7.34. The molecule has 1 atom stereocenters. The number of nitrogens with one attached hydrogen (secondary N) is 1. The molecule has 0 aliphatic rings. The van der Waals surface area contributed by atoms with E-state index < -0.39 is 0 Å². The van der Waals surface area contributed by atoms with Gasteiger partial charge in [-0.2, -0.15) is 0 Å². The number of rotatable bonds is 6. The van der Waals surface area contributed by atoms with Gasteiger partial charge in [-0.1, -0.05) is 31.2 Å². The zero-order valence-electron chi connectivity index (χ0n) is 10.1. The second-order valence-electron chi connectivity index (χ2n) is 4.04. The first-order valence-corrected chi connectivity index (χ1v) is 5.87. The molecule has 1 amide bonds. The number of benzene rings is 1. The second-order valence-corrected chi connectivity index (χ2v) is 4.04. The molecule has 1 unspecified atom stereocenters. The predicted molar refractivity (Wildman–Crippen MR) is 67.0 cm³/mol. The minimum absolute atomic E-state index is 0.00981. The molecule has 0 saturated heterocycles. The largest absolute Gasteiger partial charge is 0.392 e. The molecule has 1 aromatic rings. The molecule has 0 fully saturated rings. The van der Waals surface area contributed by atoms with Crippen LogP contribution in [0.4, 0.5) is 0 Å². The lowest BCUT2D eigenvalue weighted by Crippen LogP contribution is -2.34. The van der Waals surface area contributed by atoms with Crippen LogP contribution in [0.1, 0.15) is 24.5 Å². The molecule has 0 spiro atoms. The molecule has 1 aromatic carbocycles. The van der Waals surface area contributed by atoms with Crippen LogP contribution in [0, 0.1) is 5.92 Å². The number of carbonyl (C=O) groups is 1. The zero-order valence-corrected chi connectivity index (χ0v) is 10.1. The fraction of sp³-hybridized carbons (Fsp3) is 0.462. The molecule has 4 N–H and O–H groups in total. The van der Waals surface area contributed by atoms with Gasteiger partial charge in [-0.05, 0) is 17.5 Å². The monoisotopic (exact) mass is 236 g/mol. The third kappa shape index (κ3) is 4.17. The highest BCUT2D eigenvalue weighted by Gasteiger charge is 2.13. The average molecular weight is 236 g/mol. The van der Waals surface area contributed by atoms with E-state index in [0.29, 0.717) is 13.1 Å². The van der Waals surface area contributed by atoms with Gasteiger partial charge in [0.25, 0.3) is 0 Å². The van der Waals surface area contributed by atoms with Gasteiger partial charge in [0.2, 0.25) is 5.91 Å². The molecule has 0 radical (unpaired) electrons.